The molecule has 2 aromatic heterocycles. The van der Waals surface area contributed by atoms with Crippen molar-refractivity contribution >= 4 is 37.3 Å². The fourth-order valence-corrected chi connectivity index (χ4v) is 3.96. The van der Waals surface area contributed by atoms with Crippen molar-refractivity contribution in [2.75, 3.05) is 6.54 Å². The third-order valence-electron chi connectivity index (χ3n) is 2.51. The molecule has 0 aromatic carbocycles. The number of nitrogens with one attached hydrogen (secondary N) is 2. The molecule has 0 saturated carbocycles. The molecule has 2 aromatic rings. The van der Waals surface area contributed by atoms with Gasteiger partial charge in [-0.25, -0.2) is 13.1 Å². The van der Waals surface area contributed by atoms with Crippen molar-refractivity contribution in [1.82, 2.24) is 10.0 Å². The van der Waals surface area contributed by atoms with Gasteiger partial charge in [0.2, 0.25) is 5.09 Å². The number of sulfonamides is 1. The Bertz CT molecular complexity index is 664. The molecule has 2 heterocycles. The zero-order valence-corrected chi connectivity index (χ0v) is 14.1. The van der Waals surface area contributed by atoms with Crippen LogP contribution in [0.25, 0.3) is 0 Å². The van der Waals surface area contributed by atoms with Crippen LogP contribution in [0.15, 0.2) is 37.6 Å². The number of halogens is 1. The maximum Gasteiger partial charge on any atom is 0.274 e. The van der Waals surface area contributed by atoms with Gasteiger partial charge in [-0.05, 0) is 40.7 Å². The highest BCUT2D eigenvalue weighted by Crippen LogP contribution is 2.20. The zero-order chi connectivity index (χ0) is 14.6. The van der Waals surface area contributed by atoms with E-state index in [9.17, 15) is 8.42 Å². The second kappa shape index (κ2) is 6.86. The molecular weight excluding hydrogens is 364 g/mol. The van der Waals surface area contributed by atoms with E-state index in [0.717, 1.165) is 15.9 Å². The molecule has 0 spiro atoms. The van der Waals surface area contributed by atoms with Gasteiger partial charge in [0.05, 0.1) is 6.54 Å². The van der Waals surface area contributed by atoms with Crippen LogP contribution in [-0.4, -0.2) is 15.0 Å². The molecule has 110 valence electrons. The smallest absolute Gasteiger partial charge is 0.274 e. The monoisotopic (exact) mass is 378 g/mol. The molecule has 0 bridgehead atoms. The predicted molar refractivity (Wildman–Crippen MR) is 82.1 cm³/mol. The molecule has 0 amide bonds. The molecule has 0 aliphatic heterocycles. The van der Waals surface area contributed by atoms with Crippen LogP contribution in [0.4, 0.5) is 0 Å². The topological polar surface area (TPSA) is 71.3 Å². The van der Waals surface area contributed by atoms with Crippen molar-refractivity contribution in [2.24, 2.45) is 0 Å². The molecule has 0 fully saturated rings. The molecule has 2 N–H and O–H groups in total. The van der Waals surface area contributed by atoms with E-state index in [1.54, 1.807) is 6.07 Å². The van der Waals surface area contributed by atoms with Crippen LogP contribution in [0.3, 0.4) is 0 Å². The molecule has 0 saturated heterocycles. The van der Waals surface area contributed by atoms with E-state index >= 15 is 0 Å². The van der Waals surface area contributed by atoms with Crippen LogP contribution in [0, 0.1) is 0 Å². The molecule has 2 rings (SSSR count). The lowest BCUT2D eigenvalue weighted by molar-refractivity contribution is 0.401. The van der Waals surface area contributed by atoms with E-state index < -0.39 is 10.0 Å². The maximum atomic E-state index is 12.1. The van der Waals surface area contributed by atoms with E-state index in [-0.39, 0.29) is 11.6 Å². The molecule has 0 aliphatic rings. The van der Waals surface area contributed by atoms with Gasteiger partial charge >= 0.3 is 0 Å². The quantitative estimate of drug-likeness (QED) is 0.776. The van der Waals surface area contributed by atoms with Gasteiger partial charge in [0.15, 0.2) is 0 Å². The maximum absolute atomic E-state index is 12.1. The average Bonchev–Trinajstić information content (AvgIpc) is 3.03. The second-order valence-electron chi connectivity index (χ2n) is 4.06. The van der Waals surface area contributed by atoms with Crippen LogP contribution in [-0.2, 0) is 23.1 Å². The van der Waals surface area contributed by atoms with E-state index in [2.05, 4.69) is 26.0 Å². The number of hydrogen-bond acceptors (Lipinski definition) is 5. The van der Waals surface area contributed by atoms with Crippen LogP contribution < -0.4 is 10.0 Å². The Balaban J connectivity index is 2.00. The van der Waals surface area contributed by atoms with Gasteiger partial charge in [0, 0.05) is 21.3 Å². The van der Waals surface area contributed by atoms with Gasteiger partial charge in [0.25, 0.3) is 10.0 Å². The Morgan fingerprint density at radius 1 is 1.35 bits per heavy atom. The summed E-state index contributed by atoms with van der Waals surface area (Å²) < 4.78 is 32.9. The SMILES string of the molecule is CCNCc1ccc(S(=O)(=O)NCc2cc(Br)cs2)o1. The van der Waals surface area contributed by atoms with Crippen molar-refractivity contribution < 1.29 is 12.8 Å². The van der Waals surface area contributed by atoms with Crippen LogP contribution in [0.1, 0.15) is 17.6 Å². The van der Waals surface area contributed by atoms with Gasteiger partial charge in [0.1, 0.15) is 5.76 Å². The minimum Gasteiger partial charge on any atom is -0.447 e. The fourth-order valence-electron chi connectivity index (χ4n) is 1.53. The molecule has 0 unspecified atom stereocenters. The average molecular weight is 379 g/mol. The lowest BCUT2D eigenvalue weighted by atomic mass is 10.4. The summed E-state index contributed by atoms with van der Waals surface area (Å²) in [4.78, 5) is 0.930. The normalized spacial score (nSPS) is 11.9. The first-order valence-electron chi connectivity index (χ1n) is 6.03. The number of rotatable bonds is 7. The predicted octanol–water partition coefficient (Wildman–Crippen LogP) is 2.69. The molecular formula is C12H15BrN2O3S2. The number of furan rings is 1. The van der Waals surface area contributed by atoms with Crippen molar-refractivity contribution in [3.63, 3.8) is 0 Å². The highest BCUT2D eigenvalue weighted by molar-refractivity contribution is 9.10. The highest BCUT2D eigenvalue weighted by Gasteiger charge is 2.18. The number of thiophene rings is 1. The number of hydrogen-bond donors (Lipinski definition) is 2. The van der Waals surface area contributed by atoms with Crippen molar-refractivity contribution in [2.45, 2.75) is 25.1 Å². The first-order valence-corrected chi connectivity index (χ1v) is 9.19. The molecule has 8 heteroatoms. The molecule has 0 radical (unpaired) electrons. The summed E-state index contributed by atoms with van der Waals surface area (Å²) >= 11 is 4.82. The lowest BCUT2D eigenvalue weighted by Gasteiger charge is -2.02. The Morgan fingerprint density at radius 2 is 2.15 bits per heavy atom. The van der Waals surface area contributed by atoms with E-state index in [1.165, 1.54) is 17.4 Å². The van der Waals surface area contributed by atoms with Crippen molar-refractivity contribution in [3.05, 3.63) is 38.7 Å². The fraction of sp³-hybridized carbons (Fsp3) is 0.333. The van der Waals surface area contributed by atoms with Crippen LogP contribution in [0.5, 0.6) is 0 Å². The van der Waals surface area contributed by atoms with Crippen LogP contribution in [0.2, 0.25) is 0 Å². The first-order chi connectivity index (χ1) is 9.51. The second-order valence-corrected chi connectivity index (χ2v) is 7.67. The molecule has 0 atom stereocenters. The van der Waals surface area contributed by atoms with Gasteiger partial charge in [-0.2, -0.15) is 0 Å². The summed E-state index contributed by atoms with van der Waals surface area (Å²) in [7, 11) is -3.61. The highest BCUT2D eigenvalue weighted by atomic mass is 79.9. The van der Waals surface area contributed by atoms with Crippen molar-refractivity contribution in [3.8, 4) is 0 Å². The Kier molecular flexibility index (Phi) is 5.39. The minimum atomic E-state index is -3.61. The molecule has 20 heavy (non-hydrogen) atoms. The van der Waals surface area contributed by atoms with Gasteiger partial charge in [-0.15, -0.1) is 11.3 Å². The summed E-state index contributed by atoms with van der Waals surface area (Å²) in [5.41, 5.74) is 0. The molecule has 5 nitrogen and oxygen atoms in total. The summed E-state index contributed by atoms with van der Waals surface area (Å²) in [6.07, 6.45) is 0. The van der Waals surface area contributed by atoms with E-state index in [4.69, 9.17) is 4.42 Å². The van der Waals surface area contributed by atoms with E-state index in [1.807, 2.05) is 18.4 Å². The summed E-state index contributed by atoms with van der Waals surface area (Å²) in [5.74, 6) is 0.603. The lowest BCUT2D eigenvalue weighted by Crippen LogP contribution is -2.22. The summed E-state index contributed by atoms with van der Waals surface area (Å²) in [6, 6.07) is 5.02. The largest absolute Gasteiger partial charge is 0.447 e. The standard InChI is InChI=1S/C12H15BrN2O3S2/c1-2-14-6-10-3-4-12(18-10)20(16,17)15-7-11-5-9(13)8-19-11/h3-5,8,14-15H,2,6-7H2,1H3. The Hall–Kier alpha value is -0.670. The van der Waals surface area contributed by atoms with E-state index in [0.29, 0.717) is 12.3 Å². The molecule has 0 aliphatic carbocycles. The zero-order valence-electron chi connectivity index (χ0n) is 10.8. The van der Waals surface area contributed by atoms with Gasteiger partial charge in [-0.3, -0.25) is 0 Å². The Labute approximate surface area is 130 Å². The summed E-state index contributed by atoms with van der Waals surface area (Å²) in [6.45, 7) is 3.54. The van der Waals surface area contributed by atoms with Crippen LogP contribution >= 0.6 is 27.3 Å². The third-order valence-corrected chi connectivity index (χ3v) is 5.48. The third kappa shape index (κ3) is 4.16. The van der Waals surface area contributed by atoms with Crippen molar-refractivity contribution in [1.29, 1.82) is 0 Å². The summed E-state index contributed by atoms with van der Waals surface area (Å²) in [5, 5.41) is 4.93. The Morgan fingerprint density at radius 3 is 2.80 bits per heavy atom. The van der Waals surface area contributed by atoms with Gasteiger partial charge in [-0.1, -0.05) is 6.92 Å². The van der Waals surface area contributed by atoms with Gasteiger partial charge < -0.3 is 9.73 Å². The minimum absolute atomic E-state index is 0.0546. The first kappa shape index (κ1) is 15.7.